The average Bonchev–Trinajstić information content (AvgIpc) is 2.38. The predicted molar refractivity (Wildman–Crippen MR) is 76.2 cm³/mol. The third kappa shape index (κ3) is 4.41. The van der Waals surface area contributed by atoms with E-state index < -0.39 is 6.43 Å². The maximum Gasteiger partial charge on any atom is 0.240 e. The fourth-order valence-electron chi connectivity index (χ4n) is 2.60. The van der Waals surface area contributed by atoms with E-state index in [9.17, 15) is 8.78 Å². The van der Waals surface area contributed by atoms with Gasteiger partial charge in [0.2, 0.25) is 6.43 Å². The number of nitrogens with zero attached hydrogens (tertiary/aromatic N) is 1. The third-order valence-corrected chi connectivity index (χ3v) is 3.54. The Morgan fingerprint density at radius 2 is 1.84 bits per heavy atom. The Bertz CT molecular complexity index is 381. The number of aryl methyl sites for hydroxylation is 1. The number of benzene rings is 1. The van der Waals surface area contributed by atoms with E-state index in [4.69, 9.17) is 0 Å². The minimum atomic E-state index is -2.26. The van der Waals surface area contributed by atoms with Crippen molar-refractivity contribution < 1.29 is 8.78 Å². The molecular formula is C14H21ClF2N2. The number of nitrogens with one attached hydrogen (secondary N) is 1. The molecule has 0 aliphatic carbocycles. The summed E-state index contributed by atoms with van der Waals surface area (Å²) in [5.41, 5.74) is 2.14. The van der Waals surface area contributed by atoms with Crippen LogP contribution in [-0.2, 0) is 0 Å². The molecule has 1 atom stereocenters. The molecule has 0 bridgehead atoms. The first-order valence-corrected chi connectivity index (χ1v) is 6.47. The van der Waals surface area contributed by atoms with Gasteiger partial charge in [0.25, 0.3) is 0 Å². The molecule has 2 rings (SSSR count). The minimum Gasteiger partial charge on any atom is -0.314 e. The van der Waals surface area contributed by atoms with Crippen molar-refractivity contribution in [2.45, 2.75) is 25.8 Å². The second-order valence-electron chi connectivity index (χ2n) is 4.79. The van der Waals surface area contributed by atoms with Gasteiger partial charge in [0, 0.05) is 38.6 Å². The summed E-state index contributed by atoms with van der Waals surface area (Å²) in [4.78, 5) is 2.17. The lowest BCUT2D eigenvalue weighted by atomic mass is 9.97. The zero-order valence-corrected chi connectivity index (χ0v) is 11.9. The molecule has 1 saturated heterocycles. The Morgan fingerprint density at radius 1 is 1.21 bits per heavy atom. The van der Waals surface area contributed by atoms with E-state index in [1.807, 2.05) is 31.2 Å². The standard InChI is InChI=1S/C14H20F2N2.ClH/c1-11-4-2-3-5-12(11)13(10-14(15)16)18-8-6-17-7-9-18;/h2-5,13-14,17H,6-10H2,1H3;1H/t13-;/m0./s1. The Hall–Kier alpha value is -0.710. The van der Waals surface area contributed by atoms with E-state index in [-0.39, 0.29) is 24.9 Å². The van der Waals surface area contributed by atoms with Gasteiger partial charge in [-0.25, -0.2) is 8.78 Å². The third-order valence-electron chi connectivity index (χ3n) is 3.54. The quantitative estimate of drug-likeness (QED) is 0.917. The van der Waals surface area contributed by atoms with E-state index in [1.54, 1.807) is 0 Å². The number of piperazine rings is 1. The molecule has 1 aromatic rings. The van der Waals surface area contributed by atoms with Crippen molar-refractivity contribution in [2.75, 3.05) is 26.2 Å². The molecule has 1 aliphatic rings. The van der Waals surface area contributed by atoms with Gasteiger partial charge >= 0.3 is 0 Å². The molecule has 1 aliphatic heterocycles. The molecule has 5 heteroatoms. The highest BCUT2D eigenvalue weighted by Gasteiger charge is 2.26. The topological polar surface area (TPSA) is 15.3 Å². The lowest BCUT2D eigenvalue weighted by molar-refractivity contribution is 0.0737. The van der Waals surface area contributed by atoms with Crippen LogP contribution in [0.4, 0.5) is 8.78 Å². The van der Waals surface area contributed by atoms with E-state index in [0.29, 0.717) is 0 Å². The maximum absolute atomic E-state index is 12.8. The van der Waals surface area contributed by atoms with Gasteiger partial charge < -0.3 is 5.32 Å². The van der Waals surface area contributed by atoms with Gasteiger partial charge in [-0.15, -0.1) is 12.4 Å². The lowest BCUT2D eigenvalue weighted by Crippen LogP contribution is -2.45. The van der Waals surface area contributed by atoms with Crippen molar-refractivity contribution in [3.05, 3.63) is 35.4 Å². The van der Waals surface area contributed by atoms with Crippen molar-refractivity contribution in [1.29, 1.82) is 0 Å². The van der Waals surface area contributed by atoms with Crippen molar-refractivity contribution >= 4 is 12.4 Å². The maximum atomic E-state index is 12.8. The fraction of sp³-hybridized carbons (Fsp3) is 0.571. The largest absolute Gasteiger partial charge is 0.314 e. The van der Waals surface area contributed by atoms with Crippen LogP contribution in [0.5, 0.6) is 0 Å². The summed E-state index contributed by atoms with van der Waals surface area (Å²) in [7, 11) is 0. The van der Waals surface area contributed by atoms with Crippen molar-refractivity contribution in [2.24, 2.45) is 0 Å². The molecule has 0 saturated carbocycles. The first-order chi connectivity index (χ1) is 8.68. The van der Waals surface area contributed by atoms with Crippen LogP contribution in [0.25, 0.3) is 0 Å². The van der Waals surface area contributed by atoms with E-state index in [0.717, 1.165) is 37.3 Å². The number of rotatable bonds is 4. The molecule has 2 nitrogen and oxygen atoms in total. The molecule has 0 unspecified atom stereocenters. The highest BCUT2D eigenvalue weighted by atomic mass is 35.5. The summed E-state index contributed by atoms with van der Waals surface area (Å²) in [5.74, 6) is 0. The average molecular weight is 291 g/mol. The van der Waals surface area contributed by atoms with Crippen LogP contribution in [0.1, 0.15) is 23.6 Å². The van der Waals surface area contributed by atoms with E-state index in [1.165, 1.54) is 0 Å². The van der Waals surface area contributed by atoms with Crippen LogP contribution < -0.4 is 5.32 Å². The van der Waals surface area contributed by atoms with E-state index >= 15 is 0 Å². The monoisotopic (exact) mass is 290 g/mol. The molecule has 1 N–H and O–H groups in total. The summed E-state index contributed by atoms with van der Waals surface area (Å²) < 4.78 is 25.6. The number of halogens is 3. The van der Waals surface area contributed by atoms with Crippen LogP contribution in [0.2, 0.25) is 0 Å². The number of hydrogen-bond donors (Lipinski definition) is 1. The SMILES string of the molecule is Cc1ccccc1[C@H](CC(F)F)N1CCNCC1.Cl. The summed E-state index contributed by atoms with van der Waals surface area (Å²) in [6, 6.07) is 7.70. The second kappa shape index (κ2) is 7.78. The van der Waals surface area contributed by atoms with Gasteiger partial charge in [-0.3, -0.25) is 4.90 Å². The molecule has 19 heavy (non-hydrogen) atoms. The first kappa shape index (κ1) is 16.3. The summed E-state index contributed by atoms with van der Waals surface area (Å²) in [6.45, 7) is 5.44. The molecule has 1 heterocycles. The second-order valence-corrected chi connectivity index (χ2v) is 4.79. The zero-order valence-electron chi connectivity index (χ0n) is 11.1. The molecule has 0 aromatic heterocycles. The highest BCUT2D eigenvalue weighted by Crippen LogP contribution is 2.29. The van der Waals surface area contributed by atoms with Crippen LogP contribution in [0.15, 0.2) is 24.3 Å². The lowest BCUT2D eigenvalue weighted by Gasteiger charge is -2.35. The molecule has 108 valence electrons. The summed E-state index contributed by atoms with van der Waals surface area (Å²) >= 11 is 0. The molecule has 0 radical (unpaired) electrons. The highest BCUT2D eigenvalue weighted by molar-refractivity contribution is 5.85. The van der Waals surface area contributed by atoms with Crippen molar-refractivity contribution in [3.8, 4) is 0 Å². The van der Waals surface area contributed by atoms with Gasteiger partial charge in [0.15, 0.2) is 0 Å². The number of hydrogen-bond acceptors (Lipinski definition) is 2. The molecule has 0 amide bonds. The Balaban J connectivity index is 0.00000180. The summed E-state index contributed by atoms with van der Waals surface area (Å²) in [5, 5.41) is 3.26. The molecule has 1 fully saturated rings. The Labute approximate surface area is 119 Å². The van der Waals surface area contributed by atoms with Crippen LogP contribution in [0.3, 0.4) is 0 Å². The van der Waals surface area contributed by atoms with Gasteiger partial charge in [-0.2, -0.15) is 0 Å². The van der Waals surface area contributed by atoms with Crippen LogP contribution in [-0.4, -0.2) is 37.5 Å². The van der Waals surface area contributed by atoms with E-state index in [2.05, 4.69) is 10.2 Å². The van der Waals surface area contributed by atoms with Gasteiger partial charge in [0.1, 0.15) is 0 Å². The summed E-state index contributed by atoms with van der Waals surface area (Å²) in [6.07, 6.45) is -2.34. The Morgan fingerprint density at radius 3 is 2.42 bits per heavy atom. The first-order valence-electron chi connectivity index (χ1n) is 6.47. The zero-order chi connectivity index (χ0) is 13.0. The molecule has 0 spiro atoms. The van der Waals surface area contributed by atoms with Crippen LogP contribution in [0, 0.1) is 6.92 Å². The smallest absolute Gasteiger partial charge is 0.240 e. The van der Waals surface area contributed by atoms with Crippen molar-refractivity contribution in [3.63, 3.8) is 0 Å². The van der Waals surface area contributed by atoms with Gasteiger partial charge in [0.05, 0.1) is 0 Å². The fourth-order valence-corrected chi connectivity index (χ4v) is 2.60. The van der Waals surface area contributed by atoms with Gasteiger partial charge in [-0.05, 0) is 18.1 Å². The number of alkyl halides is 2. The normalized spacial score (nSPS) is 18.1. The molecular weight excluding hydrogens is 270 g/mol. The van der Waals surface area contributed by atoms with Crippen molar-refractivity contribution in [1.82, 2.24) is 10.2 Å². The molecule has 1 aromatic carbocycles. The Kier molecular flexibility index (Phi) is 6.69. The predicted octanol–water partition coefficient (Wildman–Crippen LogP) is 3.02. The van der Waals surface area contributed by atoms with Gasteiger partial charge in [-0.1, -0.05) is 24.3 Å². The van der Waals surface area contributed by atoms with Crippen LogP contribution >= 0.6 is 12.4 Å². The minimum absolute atomic E-state index is 0.